The second kappa shape index (κ2) is 5.09. The van der Waals surface area contributed by atoms with Gasteiger partial charge in [0.05, 0.1) is 24.4 Å². The predicted octanol–water partition coefficient (Wildman–Crippen LogP) is 1.82. The van der Waals surface area contributed by atoms with E-state index in [1.165, 1.54) is 24.2 Å². The molecule has 0 bridgehead atoms. The molecule has 0 radical (unpaired) electrons. The Hall–Kier alpha value is -1.14. The number of amides is 1. The zero-order valence-corrected chi connectivity index (χ0v) is 11.9. The normalized spacial score (nSPS) is 27.1. The first kappa shape index (κ1) is 12.9. The van der Waals surface area contributed by atoms with Crippen molar-refractivity contribution in [3.63, 3.8) is 0 Å². The van der Waals surface area contributed by atoms with Crippen LogP contribution in [0.3, 0.4) is 0 Å². The standard InChI is InChI=1S/C13H19N3O2S/c1-8-11(19-13(14)15-8)12(17)16-6-7-18-10-5-3-2-4-9(10)16/h9-10H,2-7H2,1H3,(H2,14,15). The minimum Gasteiger partial charge on any atom is -0.375 e. The molecule has 2 atom stereocenters. The molecule has 0 spiro atoms. The molecule has 104 valence electrons. The van der Waals surface area contributed by atoms with E-state index < -0.39 is 0 Å². The minimum absolute atomic E-state index is 0.0758. The van der Waals surface area contributed by atoms with Crippen molar-refractivity contribution in [2.24, 2.45) is 0 Å². The smallest absolute Gasteiger partial charge is 0.266 e. The van der Waals surface area contributed by atoms with Crippen LogP contribution in [0, 0.1) is 6.92 Å². The van der Waals surface area contributed by atoms with Crippen LogP contribution in [0.1, 0.15) is 41.0 Å². The van der Waals surface area contributed by atoms with E-state index >= 15 is 0 Å². The van der Waals surface area contributed by atoms with Crippen molar-refractivity contribution in [3.8, 4) is 0 Å². The molecule has 1 aromatic rings. The van der Waals surface area contributed by atoms with E-state index in [9.17, 15) is 4.79 Å². The number of ether oxygens (including phenoxy) is 1. The Bertz CT molecular complexity index is 486. The van der Waals surface area contributed by atoms with Crippen LogP contribution < -0.4 is 5.73 Å². The summed E-state index contributed by atoms with van der Waals surface area (Å²) in [6.07, 6.45) is 4.72. The number of hydrogen-bond donors (Lipinski definition) is 1. The summed E-state index contributed by atoms with van der Waals surface area (Å²) in [6, 6.07) is 0.234. The van der Waals surface area contributed by atoms with Crippen molar-refractivity contribution in [2.45, 2.75) is 44.8 Å². The Morgan fingerprint density at radius 3 is 3.00 bits per heavy atom. The quantitative estimate of drug-likeness (QED) is 0.852. The number of anilines is 1. The maximum absolute atomic E-state index is 12.7. The van der Waals surface area contributed by atoms with Crippen LogP contribution in [0.5, 0.6) is 0 Å². The number of morpholine rings is 1. The van der Waals surface area contributed by atoms with Gasteiger partial charge in [-0.1, -0.05) is 24.2 Å². The number of rotatable bonds is 1. The highest BCUT2D eigenvalue weighted by atomic mass is 32.1. The molecule has 1 aromatic heterocycles. The van der Waals surface area contributed by atoms with Crippen LogP contribution in [0.2, 0.25) is 0 Å². The number of carbonyl (C=O) groups excluding carboxylic acids is 1. The van der Waals surface area contributed by atoms with Crippen molar-refractivity contribution in [1.29, 1.82) is 0 Å². The summed E-state index contributed by atoms with van der Waals surface area (Å²) in [5.74, 6) is 0.0758. The Morgan fingerprint density at radius 2 is 2.26 bits per heavy atom. The number of aromatic nitrogens is 1. The summed E-state index contributed by atoms with van der Waals surface area (Å²) in [5.41, 5.74) is 6.43. The Morgan fingerprint density at radius 1 is 1.47 bits per heavy atom. The summed E-state index contributed by atoms with van der Waals surface area (Å²) in [6.45, 7) is 3.16. The van der Waals surface area contributed by atoms with Crippen LogP contribution in [0.25, 0.3) is 0 Å². The van der Waals surface area contributed by atoms with Gasteiger partial charge in [-0.05, 0) is 19.8 Å². The first-order chi connectivity index (χ1) is 9.16. The van der Waals surface area contributed by atoms with E-state index in [-0.39, 0.29) is 18.1 Å². The van der Waals surface area contributed by atoms with Crippen molar-refractivity contribution in [1.82, 2.24) is 9.88 Å². The number of thiazole rings is 1. The molecule has 5 nitrogen and oxygen atoms in total. The van der Waals surface area contributed by atoms with Gasteiger partial charge in [0.25, 0.3) is 5.91 Å². The molecule has 6 heteroatoms. The lowest BCUT2D eigenvalue weighted by Crippen LogP contribution is -2.54. The fraction of sp³-hybridized carbons (Fsp3) is 0.692. The lowest BCUT2D eigenvalue weighted by atomic mass is 9.90. The number of nitrogens with two attached hydrogens (primary N) is 1. The average molecular weight is 281 g/mol. The molecule has 2 fully saturated rings. The van der Waals surface area contributed by atoms with Gasteiger partial charge in [-0.3, -0.25) is 4.79 Å². The molecule has 0 aromatic carbocycles. The summed E-state index contributed by atoms with van der Waals surface area (Å²) < 4.78 is 5.80. The third kappa shape index (κ3) is 2.34. The van der Waals surface area contributed by atoms with Crippen molar-refractivity contribution in [2.75, 3.05) is 18.9 Å². The molecule has 2 N–H and O–H groups in total. The van der Waals surface area contributed by atoms with Crippen LogP contribution in [0.4, 0.5) is 5.13 Å². The predicted molar refractivity (Wildman–Crippen MR) is 74.3 cm³/mol. The van der Waals surface area contributed by atoms with Gasteiger partial charge in [0.15, 0.2) is 5.13 Å². The molecule has 2 heterocycles. The summed E-state index contributed by atoms with van der Waals surface area (Å²) >= 11 is 1.29. The maximum atomic E-state index is 12.7. The van der Waals surface area contributed by atoms with E-state index in [0.717, 1.165) is 18.5 Å². The topological polar surface area (TPSA) is 68.5 Å². The number of aryl methyl sites for hydroxylation is 1. The van der Waals surface area contributed by atoms with Gasteiger partial charge in [-0.2, -0.15) is 0 Å². The molecule has 1 saturated carbocycles. The summed E-state index contributed by atoms with van der Waals surface area (Å²) in [7, 11) is 0. The third-order valence-corrected chi connectivity index (χ3v) is 4.97. The van der Waals surface area contributed by atoms with Crippen molar-refractivity contribution < 1.29 is 9.53 Å². The molecule has 3 rings (SSSR count). The Kier molecular flexibility index (Phi) is 3.45. The fourth-order valence-electron chi connectivity index (χ4n) is 3.09. The van der Waals surface area contributed by atoms with E-state index in [0.29, 0.717) is 23.2 Å². The molecule has 2 unspecified atom stereocenters. The van der Waals surface area contributed by atoms with Gasteiger partial charge >= 0.3 is 0 Å². The van der Waals surface area contributed by atoms with Gasteiger partial charge in [0.2, 0.25) is 0 Å². The lowest BCUT2D eigenvalue weighted by Gasteiger charge is -2.43. The monoisotopic (exact) mass is 281 g/mol. The van der Waals surface area contributed by atoms with Crippen LogP contribution in [-0.4, -0.2) is 41.1 Å². The third-order valence-electron chi connectivity index (χ3n) is 4.00. The molecule has 1 aliphatic heterocycles. The van der Waals surface area contributed by atoms with Gasteiger partial charge in [-0.15, -0.1) is 0 Å². The van der Waals surface area contributed by atoms with Gasteiger partial charge < -0.3 is 15.4 Å². The highest BCUT2D eigenvalue weighted by Crippen LogP contribution is 2.31. The number of nitrogen functional groups attached to an aromatic ring is 1. The number of carbonyl (C=O) groups is 1. The highest BCUT2D eigenvalue weighted by molar-refractivity contribution is 7.17. The lowest BCUT2D eigenvalue weighted by molar-refractivity contribution is -0.0751. The van der Waals surface area contributed by atoms with Gasteiger partial charge in [0, 0.05) is 6.54 Å². The SMILES string of the molecule is Cc1nc(N)sc1C(=O)N1CCOC2CCCCC21. The van der Waals surface area contributed by atoms with E-state index in [1.807, 2.05) is 11.8 Å². The van der Waals surface area contributed by atoms with Crippen LogP contribution in [-0.2, 0) is 4.74 Å². The van der Waals surface area contributed by atoms with Gasteiger partial charge in [-0.25, -0.2) is 4.98 Å². The van der Waals surface area contributed by atoms with E-state index in [2.05, 4.69) is 4.98 Å². The molecule has 2 aliphatic rings. The maximum Gasteiger partial charge on any atom is 0.266 e. The van der Waals surface area contributed by atoms with Crippen LogP contribution in [0.15, 0.2) is 0 Å². The molecule has 1 amide bonds. The second-order valence-corrected chi connectivity index (χ2v) is 6.26. The Balaban J connectivity index is 1.83. The first-order valence-corrected chi connectivity index (χ1v) is 7.64. The Labute approximate surface area is 116 Å². The number of nitrogens with zero attached hydrogens (tertiary/aromatic N) is 2. The van der Waals surface area contributed by atoms with Crippen LogP contribution >= 0.6 is 11.3 Å². The molecule has 1 saturated heterocycles. The van der Waals surface area contributed by atoms with Gasteiger partial charge in [0.1, 0.15) is 4.88 Å². The molecular weight excluding hydrogens is 262 g/mol. The summed E-state index contributed by atoms with van der Waals surface area (Å²) in [4.78, 5) is 19.5. The van der Waals surface area contributed by atoms with E-state index in [1.54, 1.807) is 0 Å². The minimum atomic E-state index is 0.0758. The largest absolute Gasteiger partial charge is 0.375 e. The second-order valence-electron chi connectivity index (χ2n) is 5.23. The van der Waals surface area contributed by atoms with Crippen molar-refractivity contribution in [3.05, 3.63) is 10.6 Å². The zero-order valence-electron chi connectivity index (χ0n) is 11.1. The zero-order chi connectivity index (χ0) is 13.4. The van der Waals surface area contributed by atoms with Crippen molar-refractivity contribution >= 4 is 22.4 Å². The van der Waals surface area contributed by atoms with E-state index in [4.69, 9.17) is 10.5 Å². The molecule has 1 aliphatic carbocycles. The molecule has 19 heavy (non-hydrogen) atoms. The average Bonchev–Trinajstić information content (AvgIpc) is 2.76. The first-order valence-electron chi connectivity index (χ1n) is 6.82. The number of hydrogen-bond acceptors (Lipinski definition) is 5. The summed E-state index contributed by atoms with van der Waals surface area (Å²) in [5, 5.41) is 0.467. The molecular formula is C13H19N3O2S. The number of fused-ring (bicyclic) bond motifs is 1. The fourth-order valence-corrected chi connectivity index (χ4v) is 3.88. The highest BCUT2D eigenvalue weighted by Gasteiger charge is 2.37.